The first-order valence-electron chi connectivity index (χ1n) is 14.9. The molecule has 0 saturated carbocycles. The summed E-state index contributed by atoms with van der Waals surface area (Å²) in [6.07, 6.45) is 0.833. The van der Waals surface area contributed by atoms with E-state index in [0.29, 0.717) is 17.0 Å². The Morgan fingerprint density at radius 1 is 0.809 bits per heavy atom. The third-order valence-electron chi connectivity index (χ3n) is 7.67. The van der Waals surface area contributed by atoms with Crippen molar-refractivity contribution >= 4 is 73.9 Å². The van der Waals surface area contributed by atoms with E-state index in [9.17, 15) is 18.0 Å². The van der Waals surface area contributed by atoms with E-state index in [1.54, 1.807) is 30.3 Å². The monoisotopic (exact) mass is 733 g/mol. The zero-order valence-corrected chi connectivity index (χ0v) is 29.9. The number of anilines is 1. The molecule has 7 nitrogen and oxygen atoms in total. The summed E-state index contributed by atoms with van der Waals surface area (Å²) >= 11 is 25.4. The molecule has 2 atom stereocenters. The van der Waals surface area contributed by atoms with Gasteiger partial charge in [0.2, 0.25) is 11.8 Å². The van der Waals surface area contributed by atoms with Crippen LogP contribution in [-0.2, 0) is 32.6 Å². The number of halogens is 4. The molecule has 0 aromatic heterocycles. The fourth-order valence-electron chi connectivity index (χ4n) is 4.86. The van der Waals surface area contributed by atoms with Gasteiger partial charge in [-0.25, -0.2) is 8.42 Å². The molecule has 47 heavy (non-hydrogen) atoms. The molecule has 2 amide bonds. The summed E-state index contributed by atoms with van der Waals surface area (Å²) in [5, 5.41) is 3.90. The largest absolute Gasteiger partial charge is 0.352 e. The highest BCUT2D eigenvalue weighted by molar-refractivity contribution is 7.92. The molecule has 0 unspecified atom stereocenters. The van der Waals surface area contributed by atoms with Crippen molar-refractivity contribution in [1.82, 2.24) is 10.2 Å². The third kappa shape index (κ3) is 9.42. The second-order valence-corrected chi connectivity index (χ2v) is 14.7. The van der Waals surface area contributed by atoms with Gasteiger partial charge in [-0.1, -0.05) is 107 Å². The highest BCUT2D eigenvalue weighted by Crippen LogP contribution is 2.34. The number of rotatable bonds is 13. The molecule has 4 aromatic carbocycles. The number of benzene rings is 4. The van der Waals surface area contributed by atoms with Gasteiger partial charge in [0.05, 0.1) is 25.7 Å². The van der Waals surface area contributed by atoms with E-state index in [4.69, 9.17) is 46.4 Å². The van der Waals surface area contributed by atoms with Crippen LogP contribution in [0.2, 0.25) is 20.1 Å². The van der Waals surface area contributed by atoms with Crippen molar-refractivity contribution in [2.45, 2.75) is 57.1 Å². The van der Waals surface area contributed by atoms with Crippen LogP contribution in [0.3, 0.4) is 0 Å². The fourth-order valence-corrected chi connectivity index (χ4v) is 7.04. The second kappa shape index (κ2) is 16.2. The quantitative estimate of drug-likeness (QED) is 0.150. The average molecular weight is 736 g/mol. The van der Waals surface area contributed by atoms with E-state index in [-0.39, 0.29) is 50.6 Å². The van der Waals surface area contributed by atoms with Crippen LogP contribution in [0.4, 0.5) is 5.69 Å². The minimum atomic E-state index is -4.35. The maximum atomic E-state index is 14.6. The van der Waals surface area contributed by atoms with E-state index >= 15 is 0 Å². The summed E-state index contributed by atoms with van der Waals surface area (Å²) in [4.78, 5) is 29.9. The molecule has 4 aromatic rings. The number of nitrogens with one attached hydrogen (secondary N) is 1. The fraction of sp³-hybridized carbons (Fsp3) is 0.257. The first kappa shape index (κ1) is 36.6. The molecule has 0 aliphatic rings. The zero-order valence-electron chi connectivity index (χ0n) is 26.1. The Morgan fingerprint density at radius 2 is 1.47 bits per heavy atom. The van der Waals surface area contributed by atoms with Gasteiger partial charge < -0.3 is 10.2 Å². The summed E-state index contributed by atoms with van der Waals surface area (Å²) < 4.78 is 29.4. The first-order chi connectivity index (χ1) is 22.3. The van der Waals surface area contributed by atoms with Crippen LogP contribution in [0.1, 0.15) is 37.0 Å². The van der Waals surface area contributed by atoms with E-state index in [2.05, 4.69) is 5.32 Å². The molecule has 4 rings (SSSR count). The van der Waals surface area contributed by atoms with Gasteiger partial charge in [-0.3, -0.25) is 13.9 Å². The van der Waals surface area contributed by atoms with Crippen LogP contribution in [-0.4, -0.2) is 43.8 Å². The molecule has 0 bridgehead atoms. The van der Waals surface area contributed by atoms with Crippen molar-refractivity contribution in [2.24, 2.45) is 0 Å². The van der Waals surface area contributed by atoms with Gasteiger partial charge in [0.15, 0.2) is 0 Å². The summed E-state index contributed by atoms with van der Waals surface area (Å²) in [6, 6.07) is 23.7. The standard InChI is InChI=1S/C35H35Cl4N3O4S/c1-4-24(3)40-35(44)33(19-25-8-6-5-7-9-25)41(21-26-12-16-29(37)31(39)18-26)34(43)22-42(32-20-27(36)13-17-30(32)38)47(45,46)28-14-10-23(2)11-15-28/h5-18,20,24,33H,4,19,21-22H2,1-3H3,(H,40,44)/t24-,33-/m1/s1. The van der Waals surface area contributed by atoms with Crippen LogP contribution >= 0.6 is 46.4 Å². The maximum absolute atomic E-state index is 14.6. The number of nitrogens with zero attached hydrogens (tertiary/aromatic N) is 2. The number of aryl methyl sites for hydroxylation is 1. The van der Waals surface area contributed by atoms with Crippen LogP contribution < -0.4 is 9.62 Å². The number of sulfonamides is 1. The number of carbonyl (C=O) groups excluding carboxylic acids is 2. The van der Waals surface area contributed by atoms with Crippen LogP contribution in [0, 0.1) is 6.92 Å². The number of hydrogen-bond donors (Lipinski definition) is 1. The van der Waals surface area contributed by atoms with E-state index in [1.165, 1.54) is 35.2 Å². The molecule has 12 heteroatoms. The molecule has 0 spiro atoms. The van der Waals surface area contributed by atoms with Crippen LogP contribution in [0.5, 0.6) is 0 Å². The van der Waals surface area contributed by atoms with Gasteiger partial charge in [0.25, 0.3) is 10.0 Å². The van der Waals surface area contributed by atoms with Gasteiger partial charge in [-0.15, -0.1) is 0 Å². The lowest BCUT2D eigenvalue weighted by Gasteiger charge is -2.34. The molecule has 0 heterocycles. The van der Waals surface area contributed by atoms with Crippen molar-refractivity contribution < 1.29 is 18.0 Å². The minimum absolute atomic E-state index is 0.0197. The Labute approximate surface area is 296 Å². The molecular formula is C35H35Cl4N3O4S. The molecule has 0 aliphatic carbocycles. The molecule has 0 radical (unpaired) electrons. The Bertz CT molecular complexity index is 1820. The van der Waals surface area contributed by atoms with Crippen molar-refractivity contribution in [2.75, 3.05) is 10.8 Å². The first-order valence-corrected chi connectivity index (χ1v) is 17.9. The van der Waals surface area contributed by atoms with Gasteiger partial charge >= 0.3 is 0 Å². The Morgan fingerprint density at radius 3 is 2.11 bits per heavy atom. The van der Waals surface area contributed by atoms with Crippen LogP contribution in [0.15, 0.2) is 95.9 Å². The summed E-state index contributed by atoms with van der Waals surface area (Å²) in [5.41, 5.74) is 2.28. The highest BCUT2D eigenvalue weighted by Gasteiger charge is 2.35. The topological polar surface area (TPSA) is 86.8 Å². The average Bonchev–Trinajstić information content (AvgIpc) is 3.04. The van der Waals surface area contributed by atoms with E-state index in [1.807, 2.05) is 51.1 Å². The maximum Gasteiger partial charge on any atom is 0.264 e. The van der Waals surface area contributed by atoms with Crippen LogP contribution in [0.25, 0.3) is 0 Å². The molecular weight excluding hydrogens is 700 g/mol. The lowest BCUT2D eigenvalue weighted by molar-refractivity contribution is -0.140. The lowest BCUT2D eigenvalue weighted by atomic mass is 10.0. The van der Waals surface area contributed by atoms with Crippen molar-refractivity contribution in [3.05, 3.63) is 128 Å². The highest BCUT2D eigenvalue weighted by atomic mass is 35.5. The SMILES string of the molecule is CC[C@@H](C)NC(=O)[C@@H](Cc1ccccc1)N(Cc1ccc(Cl)c(Cl)c1)C(=O)CN(c1cc(Cl)ccc1Cl)S(=O)(=O)c1ccc(C)cc1. The number of hydrogen-bond acceptors (Lipinski definition) is 4. The molecule has 0 saturated heterocycles. The van der Waals surface area contributed by atoms with Gasteiger partial charge in [-0.05, 0) is 73.9 Å². The van der Waals surface area contributed by atoms with E-state index < -0.39 is 28.5 Å². The summed E-state index contributed by atoms with van der Waals surface area (Å²) in [6.45, 7) is 4.91. The van der Waals surface area contributed by atoms with Crippen molar-refractivity contribution in [3.8, 4) is 0 Å². The van der Waals surface area contributed by atoms with Gasteiger partial charge in [-0.2, -0.15) is 0 Å². The molecule has 0 fully saturated rings. The zero-order chi connectivity index (χ0) is 34.3. The lowest BCUT2D eigenvalue weighted by Crippen LogP contribution is -2.54. The van der Waals surface area contributed by atoms with E-state index in [0.717, 1.165) is 15.4 Å². The van der Waals surface area contributed by atoms with Gasteiger partial charge in [0, 0.05) is 24.0 Å². The smallest absolute Gasteiger partial charge is 0.264 e. The normalized spacial score (nSPS) is 12.7. The molecule has 248 valence electrons. The molecule has 1 N–H and O–H groups in total. The summed E-state index contributed by atoms with van der Waals surface area (Å²) in [5.74, 6) is -1.03. The Hall–Kier alpha value is -3.27. The number of carbonyl (C=O) groups is 2. The molecule has 0 aliphatic heterocycles. The predicted molar refractivity (Wildman–Crippen MR) is 191 cm³/mol. The second-order valence-electron chi connectivity index (χ2n) is 11.2. The summed E-state index contributed by atoms with van der Waals surface area (Å²) in [7, 11) is -4.35. The van der Waals surface area contributed by atoms with Crippen molar-refractivity contribution in [1.29, 1.82) is 0 Å². The minimum Gasteiger partial charge on any atom is -0.352 e. The van der Waals surface area contributed by atoms with Gasteiger partial charge in [0.1, 0.15) is 12.6 Å². The Balaban J connectivity index is 1.85. The van der Waals surface area contributed by atoms with Crippen molar-refractivity contribution in [3.63, 3.8) is 0 Å². The Kier molecular flexibility index (Phi) is 12.6. The number of amides is 2. The predicted octanol–water partition coefficient (Wildman–Crippen LogP) is 8.36. The third-order valence-corrected chi connectivity index (χ3v) is 10.7.